The molecule has 0 amide bonds. The highest BCUT2D eigenvalue weighted by Crippen LogP contribution is 2.29. The minimum absolute atomic E-state index is 0.147. The molecule has 3 rings (SSSR count). The Morgan fingerprint density at radius 1 is 1.22 bits per heavy atom. The third-order valence-electron chi connectivity index (χ3n) is 4.58. The van der Waals surface area contributed by atoms with Crippen molar-refractivity contribution in [1.82, 2.24) is 4.57 Å². The van der Waals surface area contributed by atoms with Crippen molar-refractivity contribution in [3.05, 3.63) is 69.9 Å². The van der Waals surface area contributed by atoms with Crippen LogP contribution in [0, 0.1) is 21.4 Å². The number of para-hydroxylation sites is 1. The number of fused-ring (bicyclic) bond motifs is 1. The summed E-state index contributed by atoms with van der Waals surface area (Å²) in [7, 11) is 0. The third-order valence-corrected chi connectivity index (χ3v) is 4.58. The summed E-state index contributed by atoms with van der Waals surface area (Å²) in [5, 5.41) is 21.3. The maximum atomic E-state index is 13.3. The number of hydrogen-bond acceptors (Lipinski definition) is 5. The summed E-state index contributed by atoms with van der Waals surface area (Å²) < 4.78 is 1.39. The van der Waals surface area contributed by atoms with Crippen LogP contribution in [0.15, 0.2) is 48.7 Å². The van der Waals surface area contributed by atoms with Crippen molar-refractivity contribution in [3.8, 4) is 6.07 Å². The van der Waals surface area contributed by atoms with Crippen LogP contribution in [0.3, 0.4) is 0 Å². The molecular weight excluding hydrogens is 344 g/mol. The highest BCUT2D eigenvalue weighted by atomic mass is 16.6. The van der Waals surface area contributed by atoms with Gasteiger partial charge in [0.05, 0.1) is 27.3 Å². The minimum atomic E-state index is -0.517. The Bertz CT molecular complexity index is 1070. The summed E-state index contributed by atoms with van der Waals surface area (Å²) in [6.45, 7) is 5.23. The molecule has 0 atom stereocenters. The quantitative estimate of drug-likeness (QED) is 0.506. The zero-order chi connectivity index (χ0) is 19.6. The van der Waals surface area contributed by atoms with Gasteiger partial charge in [0.2, 0.25) is 0 Å². The van der Waals surface area contributed by atoms with E-state index in [0.29, 0.717) is 35.2 Å². The van der Waals surface area contributed by atoms with Crippen molar-refractivity contribution >= 4 is 28.2 Å². The first-order valence-electron chi connectivity index (χ1n) is 8.60. The van der Waals surface area contributed by atoms with Gasteiger partial charge in [0, 0.05) is 36.8 Å². The number of aromatic nitrogens is 1. The first kappa shape index (κ1) is 18.1. The van der Waals surface area contributed by atoms with Gasteiger partial charge >= 0.3 is 0 Å². The van der Waals surface area contributed by atoms with Gasteiger partial charge in [0.1, 0.15) is 6.07 Å². The molecule has 0 saturated heterocycles. The molecule has 7 nitrogen and oxygen atoms in total. The minimum Gasteiger partial charge on any atom is -0.371 e. The molecule has 0 spiro atoms. The second-order valence-corrected chi connectivity index (χ2v) is 5.98. The normalized spacial score (nSPS) is 10.6. The average molecular weight is 362 g/mol. The number of carbonyl (C=O) groups is 1. The molecule has 2 aromatic carbocycles. The Balaban J connectivity index is 2.24. The Hall–Kier alpha value is -3.66. The van der Waals surface area contributed by atoms with E-state index in [-0.39, 0.29) is 11.3 Å². The SMILES string of the molecule is CCN(CC)c1ccc([N+](=O)[O-])cc1C(=O)n1cc(C#N)c2ccccc21. The molecule has 136 valence electrons. The Kier molecular flexibility index (Phi) is 4.90. The van der Waals surface area contributed by atoms with Gasteiger partial charge in [-0.3, -0.25) is 19.5 Å². The number of anilines is 1. The summed E-state index contributed by atoms with van der Waals surface area (Å²) in [4.78, 5) is 26.0. The molecule has 0 aliphatic carbocycles. The van der Waals surface area contributed by atoms with Gasteiger partial charge in [-0.1, -0.05) is 18.2 Å². The fourth-order valence-electron chi connectivity index (χ4n) is 3.22. The highest BCUT2D eigenvalue weighted by molar-refractivity contribution is 6.07. The molecular formula is C20H18N4O3. The lowest BCUT2D eigenvalue weighted by atomic mass is 10.1. The van der Waals surface area contributed by atoms with Crippen LogP contribution in [0.2, 0.25) is 0 Å². The van der Waals surface area contributed by atoms with Crippen molar-refractivity contribution < 1.29 is 9.72 Å². The lowest BCUT2D eigenvalue weighted by Crippen LogP contribution is -2.25. The smallest absolute Gasteiger partial charge is 0.270 e. The van der Waals surface area contributed by atoms with Crippen molar-refractivity contribution in [2.75, 3.05) is 18.0 Å². The molecule has 0 unspecified atom stereocenters. The molecule has 27 heavy (non-hydrogen) atoms. The van der Waals surface area contributed by atoms with Crippen LogP contribution in [0.5, 0.6) is 0 Å². The summed E-state index contributed by atoms with van der Waals surface area (Å²) in [6.07, 6.45) is 1.48. The molecule has 0 aliphatic heterocycles. The zero-order valence-corrected chi connectivity index (χ0v) is 15.0. The predicted molar refractivity (Wildman–Crippen MR) is 103 cm³/mol. The molecule has 1 aromatic heterocycles. The summed E-state index contributed by atoms with van der Waals surface area (Å²) in [6, 6.07) is 13.5. The van der Waals surface area contributed by atoms with E-state index >= 15 is 0 Å². The van der Waals surface area contributed by atoms with E-state index in [0.717, 1.165) is 0 Å². The zero-order valence-electron chi connectivity index (χ0n) is 15.0. The standard InChI is InChI=1S/C20H18N4O3/c1-3-22(4-2)18-10-9-15(24(26)27)11-17(18)20(25)23-13-14(12-21)16-7-5-6-8-19(16)23/h5-11,13H,3-4H2,1-2H3. The van der Waals surface area contributed by atoms with Gasteiger partial charge < -0.3 is 4.90 Å². The van der Waals surface area contributed by atoms with Crippen molar-refractivity contribution in [2.45, 2.75) is 13.8 Å². The molecule has 7 heteroatoms. The van der Waals surface area contributed by atoms with Gasteiger partial charge in [0.25, 0.3) is 11.6 Å². The van der Waals surface area contributed by atoms with Crippen molar-refractivity contribution in [3.63, 3.8) is 0 Å². The number of nitrogens with zero attached hydrogens (tertiary/aromatic N) is 4. The summed E-state index contributed by atoms with van der Waals surface area (Å²) in [5.74, 6) is -0.404. The van der Waals surface area contributed by atoms with Crippen LogP contribution in [-0.2, 0) is 0 Å². The van der Waals surface area contributed by atoms with E-state index in [1.54, 1.807) is 30.3 Å². The van der Waals surface area contributed by atoms with Gasteiger partial charge in [-0.25, -0.2) is 0 Å². The van der Waals surface area contributed by atoms with E-state index in [1.165, 1.54) is 22.9 Å². The number of non-ortho nitro benzene ring substituents is 1. The van der Waals surface area contributed by atoms with Crippen LogP contribution >= 0.6 is 0 Å². The molecule has 0 radical (unpaired) electrons. The second kappa shape index (κ2) is 7.30. The van der Waals surface area contributed by atoms with E-state index in [9.17, 15) is 20.2 Å². The number of nitriles is 1. The Morgan fingerprint density at radius 2 is 1.93 bits per heavy atom. The number of rotatable bonds is 5. The molecule has 0 aliphatic rings. The van der Waals surface area contributed by atoms with Gasteiger partial charge in [-0.2, -0.15) is 5.26 Å². The Labute approximate surface area is 156 Å². The van der Waals surface area contributed by atoms with Crippen LogP contribution < -0.4 is 4.90 Å². The fraction of sp³-hybridized carbons (Fsp3) is 0.200. The van der Waals surface area contributed by atoms with Crippen LogP contribution in [-0.4, -0.2) is 28.5 Å². The van der Waals surface area contributed by atoms with Gasteiger partial charge in [-0.05, 0) is 26.0 Å². The average Bonchev–Trinajstić information content (AvgIpc) is 3.07. The lowest BCUT2D eigenvalue weighted by Gasteiger charge is -2.23. The third kappa shape index (κ3) is 3.13. The second-order valence-electron chi connectivity index (χ2n) is 5.98. The van der Waals surface area contributed by atoms with E-state index in [4.69, 9.17) is 0 Å². The van der Waals surface area contributed by atoms with Crippen LogP contribution in [0.1, 0.15) is 29.8 Å². The molecule has 3 aromatic rings. The fourth-order valence-corrected chi connectivity index (χ4v) is 3.22. The largest absolute Gasteiger partial charge is 0.371 e. The Morgan fingerprint density at radius 3 is 2.56 bits per heavy atom. The van der Waals surface area contributed by atoms with Gasteiger partial charge in [-0.15, -0.1) is 0 Å². The highest BCUT2D eigenvalue weighted by Gasteiger charge is 2.22. The van der Waals surface area contributed by atoms with Crippen LogP contribution in [0.25, 0.3) is 10.9 Å². The molecule has 0 bridgehead atoms. The first-order chi connectivity index (χ1) is 13.0. The topological polar surface area (TPSA) is 92.2 Å². The summed E-state index contributed by atoms with van der Waals surface area (Å²) >= 11 is 0. The predicted octanol–water partition coefficient (Wildman–Crippen LogP) is 3.96. The molecule has 0 N–H and O–H groups in total. The number of nitro benzene ring substituents is 1. The van der Waals surface area contributed by atoms with Gasteiger partial charge in [0.15, 0.2) is 0 Å². The number of carbonyl (C=O) groups excluding carboxylic acids is 1. The maximum Gasteiger partial charge on any atom is 0.270 e. The van der Waals surface area contributed by atoms with Crippen molar-refractivity contribution in [1.29, 1.82) is 5.26 Å². The number of hydrogen-bond donors (Lipinski definition) is 0. The van der Waals surface area contributed by atoms with E-state index in [1.807, 2.05) is 18.7 Å². The van der Waals surface area contributed by atoms with Crippen molar-refractivity contribution in [2.24, 2.45) is 0 Å². The maximum absolute atomic E-state index is 13.3. The molecule has 0 saturated carbocycles. The summed E-state index contributed by atoms with van der Waals surface area (Å²) in [5.41, 5.74) is 1.70. The number of benzene rings is 2. The lowest BCUT2D eigenvalue weighted by molar-refractivity contribution is -0.384. The van der Waals surface area contributed by atoms with E-state index < -0.39 is 10.8 Å². The molecule has 1 heterocycles. The van der Waals surface area contributed by atoms with Crippen LogP contribution in [0.4, 0.5) is 11.4 Å². The molecule has 0 fully saturated rings. The number of nitro groups is 1. The van der Waals surface area contributed by atoms with E-state index in [2.05, 4.69) is 6.07 Å². The monoisotopic (exact) mass is 362 g/mol. The first-order valence-corrected chi connectivity index (χ1v) is 8.60.